The van der Waals surface area contributed by atoms with Gasteiger partial charge in [0, 0.05) is 56.1 Å². The fourth-order valence-electron chi connectivity index (χ4n) is 3.88. The lowest BCUT2D eigenvalue weighted by Crippen LogP contribution is -2.38. The summed E-state index contributed by atoms with van der Waals surface area (Å²) in [5.74, 6) is 1.44. The van der Waals surface area contributed by atoms with E-state index in [1.165, 1.54) is 0 Å². The van der Waals surface area contributed by atoms with Crippen molar-refractivity contribution < 1.29 is 4.79 Å². The first-order valence-electron chi connectivity index (χ1n) is 10.6. The fourth-order valence-corrected chi connectivity index (χ4v) is 4.01. The number of aromatic nitrogens is 2. The lowest BCUT2D eigenvalue weighted by molar-refractivity contribution is 0.0945. The van der Waals surface area contributed by atoms with Crippen molar-refractivity contribution in [3.05, 3.63) is 65.2 Å². The van der Waals surface area contributed by atoms with Crippen LogP contribution in [0.4, 0.5) is 11.5 Å². The molecule has 2 heterocycles. The molecule has 1 saturated heterocycles. The molecule has 1 aliphatic rings. The van der Waals surface area contributed by atoms with Crippen molar-refractivity contribution in [3.63, 3.8) is 0 Å². The smallest absolute Gasteiger partial charge is 0.251 e. The van der Waals surface area contributed by atoms with Gasteiger partial charge in [0.25, 0.3) is 5.91 Å². The minimum atomic E-state index is -0.00830. The van der Waals surface area contributed by atoms with E-state index in [2.05, 4.69) is 26.5 Å². The summed E-state index contributed by atoms with van der Waals surface area (Å²) >= 11 is 5.98. The second-order valence-corrected chi connectivity index (χ2v) is 8.67. The van der Waals surface area contributed by atoms with E-state index >= 15 is 0 Å². The van der Waals surface area contributed by atoms with Gasteiger partial charge in [0.2, 0.25) is 0 Å². The zero-order valence-corrected chi connectivity index (χ0v) is 18.7. The number of amides is 1. The topological polar surface area (TPSA) is 64.3 Å². The van der Waals surface area contributed by atoms with Gasteiger partial charge in [-0.25, -0.2) is 0 Å². The Balaban J connectivity index is 1.28. The number of aromatic amines is 1. The Bertz CT molecular complexity index is 1020. The van der Waals surface area contributed by atoms with Gasteiger partial charge in [0.1, 0.15) is 0 Å². The number of H-pyrrole nitrogens is 1. The van der Waals surface area contributed by atoms with Crippen LogP contribution in [-0.2, 0) is 0 Å². The second-order valence-electron chi connectivity index (χ2n) is 8.23. The maximum atomic E-state index is 12.5. The van der Waals surface area contributed by atoms with E-state index in [9.17, 15) is 4.79 Å². The van der Waals surface area contributed by atoms with Crippen LogP contribution < -0.4 is 15.1 Å². The van der Waals surface area contributed by atoms with Gasteiger partial charge in [-0.3, -0.25) is 9.89 Å². The van der Waals surface area contributed by atoms with Crippen LogP contribution in [-0.4, -0.2) is 49.8 Å². The standard InChI is InChI=1S/C24H28ClN5O/c1-29(2)21-5-3-4-19(14-21)24(31)26-16-17-10-12-30(13-11-17)23-15-22(27-28-23)18-6-8-20(25)9-7-18/h3-9,14-15,17H,10-13,16H2,1-2H3,(H,26,31)(H,27,28). The Morgan fingerprint density at radius 3 is 2.61 bits per heavy atom. The number of benzene rings is 2. The van der Waals surface area contributed by atoms with E-state index in [-0.39, 0.29) is 5.91 Å². The highest BCUT2D eigenvalue weighted by molar-refractivity contribution is 6.30. The van der Waals surface area contributed by atoms with Gasteiger partial charge in [-0.15, -0.1) is 0 Å². The minimum Gasteiger partial charge on any atom is -0.378 e. The maximum Gasteiger partial charge on any atom is 0.251 e. The van der Waals surface area contributed by atoms with Crippen LogP contribution in [0.25, 0.3) is 11.3 Å². The molecule has 0 radical (unpaired) electrons. The highest BCUT2D eigenvalue weighted by Crippen LogP contribution is 2.26. The Morgan fingerprint density at radius 1 is 1.16 bits per heavy atom. The number of carbonyl (C=O) groups is 1. The molecule has 1 aliphatic heterocycles. The molecule has 0 unspecified atom stereocenters. The third-order valence-electron chi connectivity index (χ3n) is 5.83. The molecular formula is C24H28ClN5O. The lowest BCUT2D eigenvalue weighted by atomic mass is 9.96. The molecule has 2 aromatic carbocycles. The Kier molecular flexibility index (Phi) is 6.47. The van der Waals surface area contributed by atoms with Crippen molar-refractivity contribution in [1.82, 2.24) is 15.5 Å². The zero-order valence-electron chi connectivity index (χ0n) is 17.9. The molecule has 1 fully saturated rings. The number of rotatable bonds is 6. The van der Waals surface area contributed by atoms with Gasteiger partial charge in [0.05, 0.1) is 5.69 Å². The van der Waals surface area contributed by atoms with Crippen molar-refractivity contribution in [2.75, 3.05) is 43.5 Å². The molecule has 7 heteroatoms. The highest BCUT2D eigenvalue weighted by atomic mass is 35.5. The molecule has 31 heavy (non-hydrogen) atoms. The third kappa shape index (κ3) is 5.20. The van der Waals surface area contributed by atoms with Crippen molar-refractivity contribution in [2.45, 2.75) is 12.8 Å². The summed E-state index contributed by atoms with van der Waals surface area (Å²) in [4.78, 5) is 16.8. The van der Waals surface area contributed by atoms with E-state index in [1.54, 1.807) is 0 Å². The number of hydrogen-bond acceptors (Lipinski definition) is 4. The molecule has 3 aromatic rings. The van der Waals surface area contributed by atoms with Gasteiger partial charge in [-0.2, -0.15) is 5.10 Å². The quantitative estimate of drug-likeness (QED) is 0.598. The number of nitrogens with zero attached hydrogens (tertiary/aromatic N) is 3. The number of piperidine rings is 1. The lowest BCUT2D eigenvalue weighted by Gasteiger charge is -2.32. The molecule has 0 bridgehead atoms. The summed E-state index contributed by atoms with van der Waals surface area (Å²) in [6, 6.07) is 17.5. The van der Waals surface area contributed by atoms with Crippen molar-refractivity contribution in [2.24, 2.45) is 5.92 Å². The average molecular weight is 438 g/mol. The van der Waals surface area contributed by atoms with Crippen LogP contribution in [0.5, 0.6) is 0 Å². The summed E-state index contributed by atoms with van der Waals surface area (Å²) in [5.41, 5.74) is 3.79. The van der Waals surface area contributed by atoms with Crippen LogP contribution >= 0.6 is 11.6 Å². The summed E-state index contributed by atoms with van der Waals surface area (Å²) in [6.45, 7) is 2.57. The number of carbonyl (C=O) groups excluding carboxylic acids is 1. The molecule has 1 aromatic heterocycles. The Labute approximate surface area is 188 Å². The number of halogens is 1. The number of hydrogen-bond donors (Lipinski definition) is 2. The number of nitrogens with one attached hydrogen (secondary N) is 2. The monoisotopic (exact) mass is 437 g/mol. The molecule has 162 valence electrons. The minimum absolute atomic E-state index is 0.00830. The van der Waals surface area contributed by atoms with E-state index in [0.717, 1.165) is 53.7 Å². The fraction of sp³-hybridized carbons (Fsp3) is 0.333. The van der Waals surface area contributed by atoms with Crippen LogP contribution in [0.15, 0.2) is 54.6 Å². The van der Waals surface area contributed by atoms with Crippen LogP contribution in [0, 0.1) is 5.92 Å². The van der Waals surface area contributed by atoms with Crippen molar-refractivity contribution in [3.8, 4) is 11.3 Å². The van der Waals surface area contributed by atoms with E-state index < -0.39 is 0 Å². The summed E-state index contributed by atoms with van der Waals surface area (Å²) in [6.07, 6.45) is 2.06. The first-order chi connectivity index (χ1) is 15.0. The van der Waals surface area contributed by atoms with Gasteiger partial charge in [0.15, 0.2) is 5.82 Å². The number of anilines is 2. The predicted octanol–water partition coefficient (Wildman–Crippen LogP) is 4.44. The van der Waals surface area contributed by atoms with Crippen LogP contribution in [0.1, 0.15) is 23.2 Å². The zero-order chi connectivity index (χ0) is 21.8. The Morgan fingerprint density at radius 2 is 1.90 bits per heavy atom. The van der Waals surface area contributed by atoms with Gasteiger partial charge in [-0.1, -0.05) is 29.8 Å². The van der Waals surface area contributed by atoms with Gasteiger partial charge < -0.3 is 15.1 Å². The summed E-state index contributed by atoms with van der Waals surface area (Å²) < 4.78 is 0. The normalized spacial score (nSPS) is 14.5. The maximum absolute atomic E-state index is 12.5. The molecule has 2 N–H and O–H groups in total. The first-order valence-corrected chi connectivity index (χ1v) is 11.0. The van der Waals surface area contributed by atoms with E-state index in [1.807, 2.05) is 67.5 Å². The average Bonchev–Trinajstić information content (AvgIpc) is 3.28. The molecule has 4 rings (SSSR count). The highest BCUT2D eigenvalue weighted by Gasteiger charge is 2.22. The first kappa shape index (κ1) is 21.2. The van der Waals surface area contributed by atoms with E-state index in [4.69, 9.17) is 11.6 Å². The molecule has 6 nitrogen and oxygen atoms in total. The molecule has 0 aliphatic carbocycles. The molecule has 0 atom stereocenters. The SMILES string of the molecule is CN(C)c1cccc(C(=O)NCC2CCN(c3cc(-c4ccc(Cl)cc4)[nH]n3)CC2)c1. The van der Waals surface area contributed by atoms with Crippen molar-refractivity contribution in [1.29, 1.82) is 0 Å². The predicted molar refractivity (Wildman–Crippen MR) is 127 cm³/mol. The van der Waals surface area contributed by atoms with Crippen molar-refractivity contribution >= 4 is 29.0 Å². The Hall–Kier alpha value is -2.99. The van der Waals surface area contributed by atoms with Gasteiger partial charge in [-0.05, 0) is 54.7 Å². The summed E-state index contributed by atoms with van der Waals surface area (Å²) in [5, 5.41) is 11.5. The van der Waals surface area contributed by atoms with Crippen LogP contribution in [0.2, 0.25) is 5.02 Å². The molecule has 0 saturated carbocycles. The third-order valence-corrected chi connectivity index (χ3v) is 6.09. The van der Waals surface area contributed by atoms with Gasteiger partial charge >= 0.3 is 0 Å². The van der Waals surface area contributed by atoms with E-state index in [0.29, 0.717) is 18.0 Å². The summed E-state index contributed by atoms with van der Waals surface area (Å²) in [7, 11) is 3.95. The molecular weight excluding hydrogens is 410 g/mol. The second kappa shape index (κ2) is 9.43. The van der Waals surface area contributed by atoms with Crippen LogP contribution in [0.3, 0.4) is 0 Å². The molecule has 1 amide bonds. The molecule has 0 spiro atoms. The largest absolute Gasteiger partial charge is 0.378 e.